The Bertz CT molecular complexity index is 1920. The summed E-state index contributed by atoms with van der Waals surface area (Å²) >= 11 is 0. The van der Waals surface area contributed by atoms with Gasteiger partial charge in [0.05, 0.1) is 43.7 Å². The van der Waals surface area contributed by atoms with Crippen LogP contribution in [0, 0.1) is 18.8 Å². The highest BCUT2D eigenvalue weighted by molar-refractivity contribution is 7.92. The van der Waals surface area contributed by atoms with Gasteiger partial charge in [-0.3, -0.25) is 14.4 Å². The number of unbranched alkanes of at least 4 members (excludes halogenated alkanes) is 3. The van der Waals surface area contributed by atoms with Crippen molar-refractivity contribution >= 4 is 34.0 Å². The molecule has 0 amide bonds. The number of esters is 3. The SMILES string of the molecule is CCOC(=O)CCCCCC=CC(C(O)CCc1ccc(OC(=O)C(C)C)c(OC)c1)S(=O)(=O)c1ccc(C)cc1.COc1cc(CCC=O)ccc1OC(=O)C(C)C. The number of allylic oxidation sites excluding steroid dienone is 1. The molecule has 0 aromatic heterocycles. The maximum absolute atomic E-state index is 13.6. The molecular weight excluding hydrogens is 777 g/mol. The molecule has 0 aliphatic heterocycles. The Morgan fingerprint density at radius 2 is 1.27 bits per heavy atom. The minimum atomic E-state index is -3.86. The van der Waals surface area contributed by atoms with Gasteiger partial charge in [0.25, 0.3) is 0 Å². The highest BCUT2D eigenvalue weighted by Crippen LogP contribution is 2.31. The number of ether oxygens (including phenoxy) is 5. The van der Waals surface area contributed by atoms with E-state index in [0.717, 1.165) is 35.8 Å². The number of rotatable bonds is 23. The van der Waals surface area contributed by atoms with E-state index in [1.54, 1.807) is 101 Å². The highest BCUT2D eigenvalue weighted by atomic mass is 32.2. The molecule has 12 nitrogen and oxygen atoms in total. The molecule has 2 atom stereocenters. The lowest BCUT2D eigenvalue weighted by atomic mass is 10.0. The van der Waals surface area contributed by atoms with Crippen molar-refractivity contribution in [1.29, 1.82) is 0 Å². The van der Waals surface area contributed by atoms with Crippen molar-refractivity contribution in [1.82, 2.24) is 0 Å². The summed E-state index contributed by atoms with van der Waals surface area (Å²) in [6, 6.07) is 17.1. The summed E-state index contributed by atoms with van der Waals surface area (Å²) in [5.41, 5.74) is 2.72. The average molecular weight is 839 g/mol. The predicted octanol–water partition coefficient (Wildman–Crippen LogP) is 8.16. The Labute approximate surface area is 350 Å². The van der Waals surface area contributed by atoms with Crippen LogP contribution in [0.2, 0.25) is 0 Å². The van der Waals surface area contributed by atoms with Gasteiger partial charge in [0, 0.05) is 12.8 Å². The van der Waals surface area contributed by atoms with E-state index in [2.05, 4.69) is 0 Å². The Hall–Kier alpha value is -5.01. The van der Waals surface area contributed by atoms with Crippen LogP contribution in [0.4, 0.5) is 0 Å². The number of hydrogen-bond donors (Lipinski definition) is 1. The maximum Gasteiger partial charge on any atom is 0.313 e. The summed E-state index contributed by atoms with van der Waals surface area (Å²) in [5, 5.41) is 10.0. The molecular formula is C46H62O12S. The quantitative estimate of drug-likeness (QED) is 0.0320. The van der Waals surface area contributed by atoms with Crippen LogP contribution < -0.4 is 18.9 Å². The number of aliphatic hydroxyl groups excluding tert-OH is 1. The van der Waals surface area contributed by atoms with Crippen molar-refractivity contribution in [2.75, 3.05) is 20.8 Å². The van der Waals surface area contributed by atoms with Gasteiger partial charge in [-0.15, -0.1) is 0 Å². The fourth-order valence-electron chi connectivity index (χ4n) is 5.56. The van der Waals surface area contributed by atoms with Gasteiger partial charge in [0.2, 0.25) is 0 Å². The molecule has 0 saturated heterocycles. The molecule has 3 rings (SSSR count). The Morgan fingerprint density at radius 1 is 0.729 bits per heavy atom. The molecule has 2 unspecified atom stereocenters. The van der Waals surface area contributed by atoms with Gasteiger partial charge in [-0.25, -0.2) is 8.42 Å². The summed E-state index contributed by atoms with van der Waals surface area (Å²) in [5.74, 6) is 0.246. The first kappa shape index (κ1) is 50.1. The van der Waals surface area contributed by atoms with E-state index in [1.165, 1.54) is 14.2 Å². The number of methoxy groups -OCH3 is 2. The van der Waals surface area contributed by atoms with Gasteiger partial charge in [0.15, 0.2) is 32.8 Å². The molecule has 0 radical (unpaired) electrons. The minimum absolute atomic E-state index is 0.157. The second kappa shape index (κ2) is 26.2. The van der Waals surface area contributed by atoms with Crippen LogP contribution in [-0.4, -0.2) is 69.9 Å². The van der Waals surface area contributed by atoms with E-state index in [-0.39, 0.29) is 41.1 Å². The molecule has 13 heteroatoms. The van der Waals surface area contributed by atoms with Gasteiger partial charge < -0.3 is 33.6 Å². The normalized spacial score (nSPS) is 12.3. The molecule has 0 spiro atoms. The van der Waals surface area contributed by atoms with Crippen molar-refractivity contribution in [3.05, 3.63) is 89.5 Å². The van der Waals surface area contributed by atoms with Crippen LogP contribution in [0.25, 0.3) is 0 Å². The summed E-state index contributed by atoms with van der Waals surface area (Å²) < 4.78 is 53.3. The van der Waals surface area contributed by atoms with Crippen LogP contribution in [0.3, 0.4) is 0 Å². The van der Waals surface area contributed by atoms with Gasteiger partial charge in [-0.1, -0.05) is 76.1 Å². The Morgan fingerprint density at radius 3 is 1.76 bits per heavy atom. The fraction of sp³-hybridized carbons (Fsp3) is 0.478. The molecule has 59 heavy (non-hydrogen) atoms. The number of benzene rings is 3. The van der Waals surface area contributed by atoms with Crippen molar-refractivity contribution in [2.45, 2.75) is 116 Å². The van der Waals surface area contributed by atoms with Crippen LogP contribution >= 0.6 is 0 Å². The fourth-order valence-corrected chi connectivity index (χ4v) is 7.25. The summed E-state index contributed by atoms with van der Waals surface area (Å²) in [7, 11) is -0.860. The third-order valence-corrected chi connectivity index (χ3v) is 11.2. The first-order chi connectivity index (χ1) is 28.1. The molecule has 0 saturated carbocycles. The molecule has 3 aromatic carbocycles. The van der Waals surface area contributed by atoms with E-state index in [9.17, 15) is 32.7 Å². The second-order valence-corrected chi connectivity index (χ2v) is 16.7. The zero-order valence-electron chi connectivity index (χ0n) is 35.7. The lowest BCUT2D eigenvalue weighted by Gasteiger charge is -2.21. The minimum Gasteiger partial charge on any atom is -0.493 e. The van der Waals surface area contributed by atoms with E-state index >= 15 is 0 Å². The molecule has 324 valence electrons. The average Bonchev–Trinajstić information content (AvgIpc) is 3.21. The third-order valence-electron chi connectivity index (χ3n) is 9.07. The summed E-state index contributed by atoms with van der Waals surface area (Å²) in [6.45, 7) is 11.1. The molecule has 0 fully saturated rings. The standard InChI is InChI=1S/C32H44O8S.C14H18O4/c1-6-39-31(34)13-11-9-7-8-10-12-30(41(36,37)26-18-14-24(4)15-19-26)27(33)20-16-25-17-21-28(29(22-25)38-5)40-32(35)23(2)3;1-10(2)14(16)18-12-7-6-11(5-4-8-15)9-13(12)17-3/h10,12,14-15,17-19,21-23,27,30,33H,6-9,11,13,16,20H2,1-5H3;6-10H,4-5H2,1-3H3. The Kier molecular flexibility index (Phi) is 22.2. The monoisotopic (exact) mass is 838 g/mol. The lowest BCUT2D eigenvalue weighted by molar-refractivity contribution is -0.143. The van der Waals surface area contributed by atoms with Gasteiger partial charge in [0.1, 0.15) is 11.5 Å². The van der Waals surface area contributed by atoms with E-state index in [0.29, 0.717) is 68.1 Å². The predicted molar refractivity (Wildman–Crippen MR) is 227 cm³/mol. The van der Waals surface area contributed by atoms with Crippen LogP contribution in [0.5, 0.6) is 23.0 Å². The smallest absolute Gasteiger partial charge is 0.313 e. The van der Waals surface area contributed by atoms with Crippen molar-refractivity contribution in [3.8, 4) is 23.0 Å². The van der Waals surface area contributed by atoms with Gasteiger partial charge in [-0.2, -0.15) is 0 Å². The molecule has 1 N–H and O–H groups in total. The zero-order chi connectivity index (χ0) is 44.0. The van der Waals surface area contributed by atoms with E-state index < -0.39 is 21.2 Å². The van der Waals surface area contributed by atoms with Gasteiger partial charge in [-0.05, 0) is 99.9 Å². The zero-order valence-corrected chi connectivity index (χ0v) is 36.5. The van der Waals surface area contributed by atoms with Crippen molar-refractivity contribution < 1.29 is 56.4 Å². The van der Waals surface area contributed by atoms with Crippen LogP contribution in [0.15, 0.2) is 77.7 Å². The number of aldehydes is 1. The molecule has 3 aromatic rings. The highest BCUT2D eigenvalue weighted by Gasteiger charge is 2.31. The van der Waals surface area contributed by atoms with E-state index in [4.69, 9.17) is 23.7 Å². The first-order valence-corrected chi connectivity index (χ1v) is 21.6. The lowest BCUT2D eigenvalue weighted by Crippen LogP contribution is -2.33. The number of aryl methyl sites for hydroxylation is 3. The maximum atomic E-state index is 13.6. The number of aliphatic hydroxyl groups is 1. The Balaban J connectivity index is 0.000000554. The molecule has 0 bridgehead atoms. The van der Waals surface area contributed by atoms with Crippen LogP contribution in [-0.2, 0) is 46.6 Å². The number of hydrogen-bond acceptors (Lipinski definition) is 12. The summed E-state index contributed by atoms with van der Waals surface area (Å²) in [4.78, 5) is 45.5. The number of carbonyl (C=O) groups is 4. The molecule has 0 heterocycles. The second-order valence-electron chi connectivity index (χ2n) is 14.6. The molecule has 0 aliphatic rings. The number of sulfone groups is 1. The number of carbonyl (C=O) groups excluding carboxylic acids is 4. The first-order valence-electron chi connectivity index (χ1n) is 20.1. The van der Waals surface area contributed by atoms with Crippen molar-refractivity contribution in [3.63, 3.8) is 0 Å². The summed E-state index contributed by atoms with van der Waals surface area (Å²) in [6.07, 6.45) is 8.09. The van der Waals surface area contributed by atoms with Gasteiger partial charge >= 0.3 is 17.9 Å². The molecule has 0 aliphatic carbocycles. The third kappa shape index (κ3) is 17.4. The topological polar surface area (TPSA) is 169 Å². The van der Waals surface area contributed by atoms with Crippen molar-refractivity contribution in [2.24, 2.45) is 11.8 Å². The van der Waals surface area contributed by atoms with Crippen LogP contribution in [0.1, 0.15) is 96.3 Å². The van der Waals surface area contributed by atoms with E-state index in [1.807, 2.05) is 13.0 Å². The largest absolute Gasteiger partial charge is 0.493 e.